The average molecular weight is 437 g/mol. The van der Waals surface area contributed by atoms with E-state index in [1.165, 1.54) is 36.4 Å². The van der Waals surface area contributed by atoms with E-state index in [-0.39, 0.29) is 39.3 Å². The largest absolute Gasteiger partial charge is 0.462 e. The molecule has 0 unspecified atom stereocenters. The molecule has 0 spiro atoms. The van der Waals surface area contributed by atoms with Crippen LogP contribution in [0.4, 0.5) is 15.8 Å². The number of halogens is 3. The van der Waals surface area contributed by atoms with Gasteiger partial charge in [0.2, 0.25) is 0 Å². The molecule has 0 atom stereocenters. The van der Waals surface area contributed by atoms with Crippen LogP contribution in [0.3, 0.4) is 0 Å². The standard InChI is InChI=1S/C20H15Cl2FN2O4/c1-2-8-29-20(28)11-4-3-5-13(9-11)25-18(26)16(22)17(19(25)27)24-12-6-7-15(23)14(21)10-12/h3-7,9-10,24H,2,8H2,1H3. The molecular formula is C20H15Cl2FN2O4. The molecule has 0 aliphatic carbocycles. The van der Waals surface area contributed by atoms with E-state index in [0.29, 0.717) is 6.42 Å². The molecule has 1 aliphatic heterocycles. The van der Waals surface area contributed by atoms with Gasteiger partial charge in [0, 0.05) is 5.69 Å². The van der Waals surface area contributed by atoms with Crippen molar-refractivity contribution in [2.45, 2.75) is 13.3 Å². The lowest BCUT2D eigenvalue weighted by Gasteiger charge is -2.16. The highest BCUT2D eigenvalue weighted by atomic mass is 35.5. The van der Waals surface area contributed by atoms with Gasteiger partial charge in [-0.15, -0.1) is 0 Å². The van der Waals surface area contributed by atoms with E-state index in [0.717, 1.165) is 11.0 Å². The summed E-state index contributed by atoms with van der Waals surface area (Å²) in [7, 11) is 0. The molecule has 2 aromatic rings. The summed E-state index contributed by atoms with van der Waals surface area (Å²) in [5.41, 5.74) is 0.459. The van der Waals surface area contributed by atoms with Crippen molar-refractivity contribution >= 4 is 52.4 Å². The molecule has 2 amide bonds. The molecule has 1 aliphatic rings. The number of nitrogens with zero attached hydrogens (tertiary/aromatic N) is 1. The Bertz CT molecular complexity index is 1040. The van der Waals surface area contributed by atoms with Crippen LogP contribution in [0.2, 0.25) is 5.02 Å². The van der Waals surface area contributed by atoms with E-state index in [4.69, 9.17) is 27.9 Å². The molecule has 150 valence electrons. The van der Waals surface area contributed by atoms with Gasteiger partial charge < -0.3 is 10.1 Å². The highest BCUT2D eigenvalue weighted by Gasteiger charge is 2.39. The molecule has 29 heavy (non-hydrogen) atoms. The van der Waals surface area contributed by atoms with Crippen molar-refractivity contribution in [2.75, 3.05) is 16.8 Å². The Morgan fingerprint density at radius 2 is 1.90 bits per heavy atom. The number of carbonyl (C=O) groups is 3. The summed E-state index contributed by atoms with van der Waals surface area (Å²) in [4.78, 5) is 38.3. The molecule has 0 bridgehead atoms. The van der Waals surface area contributed by atoms with Crippen LogP contribution in [-0.4, -0.2) is 24.4 Å². The van der Waals surface area contributed by atoms with Gasteiger partial charge in [0.15, 0.2) is 0 Å². The van der Waals surface area contributed by atoms with Crippen molar-refractivity contribution in [3.05, 3.63) is 69.6 Å². The highest BCUT2D eigenvalue weighted by molar-refractivity contribution is 6.53. The number of benzene rings is 2. The van der Waals surface area contributed by atoms with Gasteiger partial charge in [0.1, 0.15) is 16.5 Å². The number of nitrogens with one attached hydrogen (secondary N) is 1. The monoisotopic (exact) mass is 436 g/mol. The quantitative estimate of drug-likeness (QED) is 0.533. The van der Waals surface area contributed by atoms with Crippen molar-refractivity contribution in [3.63, 3.8) is 0 Å². The first kappa shape index (κ1) is 20.8. The number of hydrogen-bond acceptors (Lipinski definition) is 5. The van der Waals surface area contributed by atoms with Crippen LogP contribution in [0.15, 0.2) is 53.2 Å². The maximum Gasteiger partial charge on any atom is 0.338 e. The molecule has 0 fully saturated rings. The maximum atomic E-state index is 13.3. The minimum atomic E-state index is -0.758. The zero-order valence-corrected chi connectivity index (χ0v) is 16.7. The summed E-state index contributed by atoms with van der Waals surface area (Å²) in [5.74, 6) is -2.67. The van der Waals surface area contributed by atoms with Gasteiger partial charge in [-0.1, -0.05) is 36.2 Å². The number of amides is 2. The molecule has 1 N–H and O–H groups in total. The molecule has 0 aromatic heterocycles. The fourth-order valence-corrected chi connectivity index (χ4v) is 3.01. The van der Waals surface area contributed by atoms with Gasteiger partial charge >= 0.3 is 5.97 Å². The van der Waals surface area contributed by atoms with Gasteiger partial charge in [-0.2, -0.15) is 0 Å². The normalized spacial score (nSPS) is 13.9. The van der Waals surface area contributed by atoms with E-state index < -0.39 is 23.6 Å². The number of carbonyl (C=O) groups excluding carboxylic acids is 3. The minimum Gasteiger partial charge on any atom is -0.462 e. The smallest absolute Gasteiger partial charge is 0.338 e. The fourth-order valence-electron chi connectivity index (χ4n) is 2.61. The van der Waals surface area contributed by atoms with Crippen molar-refractivity contribution in [3.8, 4) is 0 Å². The zero-order valence-electron chi connectivity index (χ0n) is 15.2. The van der Waals surface area contributed by atoms with E-state index in [2.05, 4.69) is 5.32 Å². The van der Waals surface area contributed by atoms with Crippen LogP contribution in [0, 0.1) is 5.82 Å². The number of imide groups is 1. The molecule has 0 saturated carbocycles. The Balaban J connectivity index is 1.86. The average Bonchev–Trinajstić information content (AvgIpc) is 2.92. The van der Waals surface area contributed by atoms with Gasteiger partial charge in [0.25, 0.3) is 11.8 Å². The number of hydrogen-bond donors (Lipinski definition) is 1. The molecule has 6 nitrogen and oxygen atoms in total. The number of anilines is 2. The van der Waals surface area contributed by atoms with Crippen LogP contribution in [0.1, 0.15) is 23.7 Å². The fraction of sp³-hybridized carbons (Fsp3) is 0.150. The second-order valence-electron chi connectivity index (χ2n) is 6.07. The van der Waals surface area contributed by atoms with Crippen molar-refractivity contribution in [1.29, 1.82) is 0 Å². The summed E-state index contributed by atoms with van der Waals surface area (Å²) in [6.07, 6.45) is 0.663. The van der Waals surface area contributed by atoms with Crippen LogP contribution in [-0.2, 0) is 14.3 Å². The summed E-state index contributed by atoms with van der Waals surface area (Å²) >= 11 is 11.8. The summed E-state index contributed by atoms with van der Waals surface area (Å²) in [5, 5.41) is 2.20. The Labute approximate surface area is 175 Å². The highest BCUT2D eigenvalue weighted by Crippen LogP contribution is 2.31. The Kier molecular flexibility index (Phi) is 6.20. The molecule has 1 heterocycles. The van der Waals surface area contributed by atoms with Crippen molar-refractivity contribution < 1.29 is 23.5 Å². The van der Waals surface area contributed by atoms with Gasteiger partial charge in [-0.05, 0) is 42.8 Å². The van der Waals surface area contributed by atoms with Crippen LogP contribution in [0.25, 0.3) is 0 Å². The zero-order chi connectivity index (χ0) is 21.1. The second-order valence-corrected chi connectivity index (χ2v) is 6.86. The minimum absolute atomic E-state index is 0.154. The molecule has 2 aromatic carbocycles. The van der Waals surface area contributed by atoms with E-state index in [9.17, 15) is 18.8 Å². The van der Waals surface area contributed by atoms with Crippen molar-refractivity contribution in [2.24, 2.45) is 0 Å². The summed E-state index contributed by atoms with van der Waals surface area (Å²) < 4.78 is 18.4. The lowest BCUT2D eigenvalue weighted by Crippen LogP contribution is -2.32. The predicted octanol–water partition coefficient (Wildman–Crippen LogP) is 4.48. The topological polar surface area (TPSA) is 75.7 Å². The van der Waals surface area contributed by atoms with Crippen LogP contribution >= 0.6 is 23.2 Å². The SMILES string of the molecule is CCCOC(=O)c1cccc(N2C(=O)C(Cl)=C(Nc3ccc(F)c(Cl)c3)C2=O)c1. The Hall–Kier alpha value is -2.90. The molecule has 9 heteroatoms. The number of esters is 1. The Morgan fingerprint density at radius 3 is 2.59 bits per heavy atom. The predicted molar refractivity (Wildman–Crippen MR) is 107 cm³/mol. The molecular weight excluding hydrogens is 422 g/mol. The summed E-state index contributed by atoms with van der Waals surface area (Å²) in [6, 6.07) is 9.63. The lowest BCUT2D eigenvalue weighted by atomic mass is 10.2. The number of rotatable bonds is 6. The first-order chi connectivity index (χ1) is 13.8. The van der Waals surface area contributed by atoms with E-state index in [1.54, 1.807) is 0 Å². The van der Waals surface area contributed by atoms with E-state index >= 15 is 0 Å². The maximum absolute atomic E-state index is 13.3. The van der Waals surface area contributed by atoms with Gasteiger partial charge in [-0.25, -0.2) is 14.1 Å². The third-order valence-corrected chi connectivity index (χ3v) is 4.63. The molecule has 0 saturated heterocycles. The second kappa shape index (κ2) is 8.63. The molecule has 3 rings (SSSR count). The summed E-state index contributed by atoms with van der Waals surface area (Å²) in [6.45, 7) is 2.12. The first-order valence-corrected chi connectivity index (χ1v) is 9.37. The molecule has 0 radical (unpaired) electrons. The third kappa shape index (κ3) is 4.26. The Morgan fingerprint density at radius 1 is 1.14 bits per heavy atom. The number of ether oxygens (including phenoxy) is 1. The van der Waals surface area contributed by atoms with Crippen molar-refractivity contribution in [1.82, 2.24) is 0 Å². The third-order valence-electron chi connectivity index (χ3n) is 3.99. The van der Waals surface area contributed by atoms with Crippen LogP contribution in [0.5, 0.6) is 0 Å². The van der Waals surface area contributed by atoms with Crippen LogP contribution < -0.4 is 10.2 Å². The van der Waals surface area contributed by atoms with Gasteiger partial charge in [0.05, 0.1) is 22.9 Å². The first-order valence-electron chi connectivity index (χ1n) is 8.61. The van der Waals surface area contributed by atoms with Gasteiger partial charge in [-0.3, -0.25) is 9.59 Å². The van der Waals surface area contributed by atoms with E-state index in [1.807, 2.05) is 6.92 Å². The lowest BCUT2D eigenvalue weighted by molar-refractivity contribution is -0.120.